The summed E-state index contributed by atoms with van der Waals surface area (Å²) in [6, 6.07) is 9.94. The highest BCUT2D eigenvalue weighted by atomic mass is 35.5. The maximum absolute atomic E-state index is 9.84. The maximum Gasteiger partial charge on any atom is 0.138 e. The highest BCUT2D eigenvalue weighted by molar-refractivity contribution is 7.10. The summed E-state index contributed by atoms with van der Waals surface area (Å²) in [6.07, 6.45) is 1.02. The Morgan fingerprint density at radius 3 is 2.83 bits per heavy atom. The Hall–Kier alpha value is -1.03. The number of hydrogen-bond donors (Lipinski definition) is 2. The van der Waals surface area contributed by atoms with Crippen LogP contribution in [-0.4, -0.2) is 5.11 Å². The van der Waals surface area contributed by atoms with E-state index < -0.39 is 0 Å². The van der Waals surface area contributed by atoms with E-state index >= 15 is 0 Å². The molecule has 2 nitrogen and oxygen atoms in total. The highest BCUT2D eigenvalue weighted by Gasteiger charge is 2.11. The molecule has 2 rings (SSSR count). The number of hydrogen-bond acceptors (Lipinski definition) is 3. The number of aromatic hydroxyl groups is 1. The van der Waals surface area contributed by atoms with Gasteiger partial charge >= 0.3 is 0 Å². The summed E-state index contributed by atoms with van der Waals surface area (Å²) < 4.78 is 0. The van der Waals surface area contributed by atoms with Gasteiger partial charge in [-0.15, -0.1) is 11.3 Å². The summed E-state index contributed by atoms with van der Waals surface area (Å²) >= 11 is 7.63. The van der Waals surface area contributed by atoms with Gasteiger partial charge in [0, 0.05) is 23.0 Å². The molecule has 0 spiro atoms. The monoisotopic (exact) mass is 281 g/mol. The van der Waals surface area contributed by atoms with E-state index in [0.717, 1.165) is 12.0 Å². The molecular weight excluding hydrogens is 266 g/mol. The van der Waals surface area contributed by atoms with E-state index in [-0.39, 0.29) is 5.75 Å². The summed E-state index contributed by atoms with van der Waals surface area (Å²) in [6.45, 7) is 2.76. The number of halogens is 1. The fourth-order valence-corrected chi connectivity index (χ4v) is 2.95. The Kier molecular flexibility index (Phi) is 4.64. The topological polar surface area (TPSA) is 32.3 Å². The van der Waals surface area contributed by atoms with Crippen LogP contribution in [0.25, 0.3) is 0 Å². The van der Waals surface area contributed by atoms with E-state index in [1.165, 1.54) is 4.88 Å². The third-order valence-corrected chi connectivity index (χ3v) is 4.20. The van der Waals surface area contributed by atoms with Gasteiger partial charge in [-0.25, -0.2) is 0 Å². The largest absolute Gasteiger partial charge is 0.506 e. The zero-order chi connectivity index (χ0) is 13.0. The molecule has 1 atom stereocenters. The van der Waals surface area contributed by atoms with Crippen LogP contribution in [-0.2, 0) is 6.54 Å². The molecule has 0 bridgehead atoms. The van der Waals surface area contributed by atoms with Gasteiger partial charge in [0.05, 0.1) is 5.02 Å². The second-order valence-electron chi connectivity index (χ2n) is 4.10. The standard InChI is InChI=1S/C14H16ClNOS/c1-2-12(13-7-4-8-18-13)16-9-10-5-3-6-11(15)14(10)17/h3-8,12,16-17H,2,9H2,1H3. The van der Waals surface area contributed by atoms with Crippen molar-refractivity contribution in [2.24, 2.45) is 0 Å². The first-order valence-corrected chi connectivity index (χ1v) is 7.21. The van der Waals surface area contributed by atoms with E-state index in [1.807, 2.05) is 12.1 Å². The lowest BCUT2D eigenvalue weighted by molar-refractivity contribution is 0.456. The molecule has 0 saturated heterocycles. The van der Waals surface area contributed by atoms with Crippen molar-refractivity contribution >= 4 is 22.9 Å². The van der Waals surface area contributed by atoms with Crippen molar-refractivity contribution in [3.05, 3.63) is 51.2 Å². The quantitative estimate of drug-likeness (QED) is 0.854. The Balaban J connectivity index is 2.04. The lowest BCUT2D eigenvalue weighted by Gasteiger charge is -2.16. The average molecular weight is 282 g/mol. The third-order valence-electron chi connectivity index (χ3n) is 2.90. The van der Waals surface area contributed by atoms with Crippen molar-refractivity contribution in [1.29, 1.82) is 0 Å². The van der Waals surface area contributed by atoms with Crippen LogP contribution in [0.3, 0.4) is 0 Å². The van der Waals surface area contributed by atoms with Gasteiger partial charge < -0.3 is 10.4 Å². The third kappa shape index (κ3) is 3.05. The Morgan fingerprint density at radius 1 is 1.33 bits per heavy atom. The van der Waals surface area contributed by atoms with Crippen LogP contribution in [0.5, 0.6) is 5.75 Å². The number of phenols is 1. The Labute approximate surface area is 116 Å². The molecule has 1 aromatic carbocycles. The number of thiophene rings is 1. The van der Waals surface area contributed by atoms with Gasteiger partial charge in [0.1, 0.15) is 5.75 Å². The number of para-hydroxylation sites is 1. The fourth-order valence-electron chi connectivity index (χ4n) is 1.87. The first-order chi connectivity index (χ1) is 8.72. The number of nitrogens with one attached hydrogen (secondary N) is 1. The zero-order valence-electron chi connectivity index (χ0n) is 10.2. The molecule has 1 aromatic heterocycles. The molecule has 0 radical (unpaired) electrons. The van der Waals surface area contributed by atoms with Crippen molar-refractivity contribution in [2.45, 2.75) is 25.9 Å². The van der Waals surface area contributed by atoms with Crippen LogP contribution in [0.1, 0.15) is 29.8 Å². The maximum atomic E-state index is 9.84. The second kappa shape index (κ2) is 6.23. The van der Waals surface area contributed by atoms with E-state index in [2.05, 4.69) is 29.8 Å². The van der Waals surface area contributed by atoms with Gasteiger partial charge in [0.25, 0.3) is 0 Å². The molecule has 0 saturated carbocycles. The summed E-state index contributed by atoms with van der Waals surface area (Å²) in [4.78, 5) is 1.32. The molecule has 2 aromatic rings. The van der Waals surface area contributed by atoms with Crippen molar-refractivity contribution in [3.8, 4) is 5.75 Å². The summed E-state index contributed by atoms with van der Waals surface area (Å²) in [5, 5.41) is 15.8. The normalized spacial score (nSPS) is 12.6. The van der Waals surface area contributed by atoms with Crippen molar-refractivity contribution < 1.29 is 5.11 Å². The van der Waals surface area contributed by atoms with Crippen molar-refractivity contribution in [3.63, 3.8) is 0 Å². The van der Waals surface area contributed by atoms with Crippen LogP contribution in [0.4, 0.5) is 0 Å². The van der Waals surface area contributed by atoms with E-state index in [0.29, 0.717) is 17.6 Å². The number of rotatable bonds is 5. The molecule has 1 unspecified atom stereocenters. The lowest BCUT2D eigenvalue weighted by Crippen LogP contribution is -2.19. The summed E-state index contributed by atoms with van der Waals surface area (Å²) in [5.41, 5.74) is 0.831. The lowest BCUT2D eigenvalue weighted by atomic mass is 10.1. The molecule has 2 N–H and O–H groups in total. The molecule has 1 heterocycles. The van der Waals surface area contributed by atoms with Gasteiger partial charge in [0.2, 0.25) is 0 Å². The van der Waals surface area contributed by atoms with Crippen LogP contribution < -0.4 is 5.32 Å². The van der Waals surface area contributed by atoms with Crippen molar-refractivity contribution in [1.82, 2.24) is 5.32 Å². The zero-order valence-corrected chi connectivity index (χ0v) is 11.8. The molecule has 96 valence electrons. The molecular formula is C14H16ClNOS. The van der Waals surface area contributed by atoms with E-state index in [9.17, 15) is 5.11 Å². The van der Waals surface area contributed by atoms with Gasteiger partial charge in [0.15, 0.2) is 0 Å². The molecule has 0 amide bonds. The summed E-state index contributed by atoms with van der Waals surface area (Å²) in [7, 11) is 0. The minimum absolute atomic E-state index is 0.174. The van der Waals surface area contributed by atoms with Crippen LogP contribution in [0.2, 0.25) is 5.02 Å². The number of phenolic OH excluding ortho intramolecular Hbond substituents is 1. The molecule has 18 heavy (non-hydrogen) atoms. The van der Waals surface area contributed by atoms with Crippen molar-refractivity contribution in [2.75, 3.05) is 0 Å². The Morgan fingerprint density at radius 2 is 2.17 bits per heavy atom. The average Bonchev–Trinajstić information content (AvgIpc) is 2.89. The van der Waals surface area contributed by atoms with E-state index in [4.69, 9.17) is 11.6 Å². The molecule has 0 aliphatic rings. The predicted octanol–water partition coefficient (Wildman–Crippen LogP) is 4.35. The van der Waals surface area contributed by atoms with Gasteiger partial charge in [-0.2, -0.15) is 0 Å². The molecule has 0 aliphatic heterocycles. The van der Waals surface area contributed by atoms with Gasteiger partial charge in [-0.05, 0) is 23.9 Å². The minimum Gasteiger partial charge on any atom is -0.506 e. The highest BCUT2D eigenvalue weighted by Crippen LogP contribution is 2.28. The first-order valence-electron chi connectivity index (χ1n) is 5.95. The van der Waals surface area contributed by atoms with Crippen LogP contribution >= 0.6 is 22.9 Å². The number of benzene rings is 1. The molecule has 0 aliphatic carbocycles. The SMILES string of the molecule is CCC(NCc1cccc(Cl)c1O)c1cccs1. The van der Waals surface area contributed by atoms with Crippen LogP contribution in [0.15, 0.2) is 35.7 Å². The Bertz CT molecular complexity index is 499. The van der Waals surface area contributed by atoms with Gasteiger partial charge in [-0.1, -0.05) is 36.7 Å². The predicted molar refractivity (Wildman–Crippen MR) is 77.3 cm³/mol. The summed E-state index contributed by atoms with van der Waals surface area (Å²) in [5.74, 6) is 0.174. The second-order valence-corrected chi connectivity index (χ2v) is 5.49. The molecule has 0 fully saturated rings. The minimum atomic E-state index is 0.174. The van der Waals surface area contributed by atoms with E-state index in [1.54, 1.807) is 17.4 Å². The first kappa shape index (κ1) is 13.4. The van der Waals surface area contributed by atoms with Gasteiger partial charge in [-0.3, -0.25) is 0 Å². The fraction of sp³-hybridized carbons (Fsp3) is 0.286. The molecule has 4 heteroatoms. The van der Waals surface area contributed by atoms with Crippen LogP contribution in [0, 0.1) is 0 Å². The smallest absolute Gasteiger partial charge is 0.138 e.